The molecule has 0 atom stereocenters. The molecule has 0 N–H and O–H groups in total. The number of ether oxygens (including phenoxy) is 1. The van der Waals surface area contributed by atoms with Crippen LogP contribution < -0.4 is 5.56 Å². The van der Waals surface area contributed by atoms with Crippen LogP contribution in [-0.4, -0.2) is 21.1 Å². The van der Waals surface area contributed by atoms with E-state index in [0.29, 0.717) is 29.3 Å². The molecular weight excluding hydrogens is 319 g/mol. The first-order chi connectivity index (χ1) is 10.4. The van der Waals surface area contributed by atoms with Crippen molar-refractivity contribution in [3.63, 3.8) is 0 Å². The standard InChI is InChI=1S/C13H12F3N3O2S/c1-7-18-11(13(14,15)16)10(22-7)4-19-6-17-9-2-3-21-5-8(9)12(19)20/h6H,2-5H2,1H3. The molecule has 0 amide bonds. The summed E-state index contributed by atoms with van der Waals surface area (Å²) in [6.45, 7) is 1.95. The fourth-order valence-electron chi connectivity index (χ4n) is 2.34. The third kappa shape index (κ3) is 2.78. The van der Waals surface area contributed by atoms with E-state index in [-0.39, 0.29) is 23.6 Å². The number of alkyl halides is 3. The molecule has 2 aromatic heterocycles. The molecule has 0 spiro atoms. The van der Waals surface area contributed by atoms with E-state index in [1.54, 1.807) is 0 Å². The van der Waals surface area contributed by atoms with Crippen LogP contribution in [0.2, 0.25) is 0 Å². The quantitative estimate of drug-likeness (QED) is 0.846. The van der Waals surface area contributed by atoms with Gasteiger partial charge in [-0.2, -0.15) is 13.2 Å². The lowest BCUT2D eigenvalue weighted by Gasteiger charge is -2.16. The van der Waals surface area contributed by atoms with Crippen LogP contribution in [0, 0.1) is 6.92 Å². The molecule has 0 saturated heterocycles. The Morgan fingerprint density at radius 3 is 2.95 bits per heavy atom. The SMILES string of the molecule is Cc1nc(C(F)(F)F)c(Cn2cnc3c(c2=O)COCC3)s1. The third-order valence-electron chi connectivity index (χ3n) is 3.34. The van der Waals surface area contributed by atoms with E-state index in [4.69, 9.17) is 4.74 Å². The first-order valence-electron chi connectivity index (χ1n) is 6.54. The molecule has 1 aliphatic heterocycles. The molecule has 22 heavy (non-hydrogen) atoms. The molecule has 3 rings (SSSR count). The lowest BCUT2D eigenvalue weighted by molar-refractivity contribution is -0.141. The highest BCUT2D eigenvalue weighted by molar-refractivity contribution is 7.11. The number of hydrogen-bond donors (Lipinski definition) is 0. The Hall–Kier alpha value is -1.74. The molecule has 0 unspecified atom stereocenters. The summed E-state index contributed by atoms with van der Waals surface area (Å²) in [5, 5.41) is 0.310. The van der Waals surface area contributed by atoms with Crippen molar-refractivity contribution in [1.29, 1.82) is 0 Å². The van der Waals surface area contributed by atoms with Gasteiger partial charge in [-0.25, -0.2) is 9.97 Å². The van der Waals surface area contributed by atoms with Crippen LogP contribution in [0.1, 0.15) is 26.8 Å². The van der Waals surface area contributed by atoms with E-state index in [2.05, 4.69) is 9.97 Å². The van der Waals surface area contributed by atoms with Gasteiger partial charge in [0.05, 0.1) is 47.2 Å². The maximum absolute atomic E-state index is 13.0. The van der Waals surface area contributed by atoms with E-state index in [1.165, 1.54) is 17.8 Å². The summed E-state index contributed by atoms with van der Waals surface area (Å²) in [5.74, 6) is 0. The second-order valence-electron chi connectivity index (χ2n) is 4.91. The monoisotopic (exact) mass is 331 g/mol. The van der Waals surface area contributed by atoms with Gasteiger partial charge in [-0.15, -0.1) is 11.3 Å². The fourth-order valence-corrected chi connectivity index (χ4v) is 3.29. The van der Waals surface area contributed by atoms with Crippen molar-refractivity contribution in [2.75, 3.05) is 6.61 Å². The molecule has 0 bridgehead atoms. The topological polar surface area (TPSA) is 57.0 Å². The van der Waals surface area contributed by atoms with Crippen molar-refractivity contribution in [1.82, 2.24) is 14.5 Å². The van der Waals surface area contributed by atoms with Gasteiger partial charge < -0.3 is 4.74 Å². The zero-order valence-electron chi connectivity index (χ0n) is 11.6. The maximum Gasteiger partial charge on any atom is 0.434 e. The minimum Gasteiger partial charge on any atom is -0.376 e. The molecule has 1 aliphatic rings. The number of rotatable bonds is 2. The van der Waals surface area contributed by atoms with Gasteiger partial charge in [0.15, 0.2) is 5.69 Å². The van der Waals surface area contributed by atoms with Crippen molar-refractivity contribution in [3.05, 3.63) is 43.5 Å². The number of hydrogen-bond acceptors (Lipinski definition) is 5. The van der Waals surface area contributed by atoms with Crippen LogP contribution in [0.5, 0.6) is 0 Å². The Bertz CT molecular complexity index is 767. The molecule has 118 valence electrons. The number of halogens is 3. The number of aryl methyl sites for hydroxylation is 1. The van der Waals surface area contributed by atoms with Gasteiger partial charge in [0.2, 0.25) is 0 Å². The van der Waals surface area contributed by atoms with E-state index >= 15 is 0 Å². The molecule has 9 heteroatoms. The molecule has 2 aromatic rings. The van der Waals surface area contributed by atoms with Gasteiger partial charge in [0, 0.05) is 6.42 Å². The summed E-state index contributed by atoms with van der Waals surface area (Å²) in [4.78, 5) is 20.0. The number of aromatic nitrogens is 3. The van der Waals surface area contributed by atoms with E-state index in [1.807, 2.05) is 0 Å². The molecule has 5 nitrogen and oxygen atoms in total. The first-order valence-corrected chi connectivity index (χ1v) is 7.36. The Labute approximate surface area is 127 Å². The summed E-state index contributed by atoms with van der Waals surface area (Å²) in [5.41, 5.74) is -0.215. The van der Waals surface area contributed by atoms with Gasteiger partial charge in [-0.05, 0) is 6.92 Å². The second-order valence-corrected chi connectivity index (χ2v) is 6.20. The lowest BCUT2D eigenvalue weighted by Crippen LogP contribution is -2.30. The van der Waals surface area contributed by atoms with Crippen LogP contribution >= 0.6 is 11.3 Å². The van der Waals surface area contributed by atoms with Crippen LogP contribution in [0.3, 0.4) is 0 Å². The molecule has 0 saturated carbocycles. The van der Waals surface area contributed by atoms with Crippen LogP contribution in [0.15, 0.2) is 11.1 Å². The normalized spacial score (nSPS) is 14.9. The Morgan fingerprint density at radius 2 is 2.23 bits per heavy atom. The highest BCUT2D eigenvalue weighted by atomic mass is 32.1. The van der Waals surface area contributed by atoms with Crippen molar-refractivity contribution in [2.45, 2.75) is 32.7 Å². The summed E-state index contributed by atoms with van der Waals surface area (Å²) in [7, 11) is 0. The first kappa shape index (κ1) is 15.2. The van der Waals surface area contributed by atoms with Crippen LogP contribution in [0.25, 0.3) is 0 Å². The molecular formula is C13H12F3N3O2S. The highest BCUT2D eigenvalue weighted by Gasteiger charge is 2.37. The minimum absolute atomic E-state index is 0.00516. The summed E-state index contributed by atoms with van der Waals surface area (Å²) in [6.07, 6.45) is -2.70. The second kappa shape index (κ2) is 5.47. The smallest absolute Gasteiger partial charge is 0.376 e. The Balaban J connectivity index is 2.00. The fraction of sp³-hybridized carbons (Fsp3) is 0.462. The summed E-state index contributed by atoms with van der Waals surface area (Å²) >= 11 is 0.932. The van der Waals surface area contributed by atoms with Gasteiger partial charge in [-0.1, -0.05) is 0 Å². The van der Waals surface area contributed by atoms with Crippen molar-refractivity contribution < 1.29 is 17.9 Å². The summed E-state index contributed by atoms with van der Waals surface area (Å²) in [6, 6.07) is 0. The molecule has 0 aliphatic carbocycles. The molecule has 0 aromatic carbocycles. The zero-order chi connectivity index (χ0) is 15.9. The zero-order valence-corrected chi connectivity index (χ0v) is 12.4. The highest BCUT2D eigenvalue weighted by Crippen LogP contribution is 2.34. The average Bonchev–Trinajstić information content (AvgIpc) is 2.83. The Morgan fingerprint density at radius 1 is 1.45 bits per heavy atom. The number of fused-ring (bicyclic) bond motifs is 1. The average molecular weight is 331 g/mol. The van der Waals surface area contributed by atoms with Gasteiger partial charge >= 0.3 is 6.18 Å². The van der Waals surface area contributed by atoms with Gasteiger partial charge in [-0.3, -0.25) is 9.36 Å². The predicted octanol–water partition coefficient (Wildman–Crippen LogP) is 2.15. The van der Waals surface area contributed by atoms with Crippen LogP contribution in [-0.2, 0) is 30.5 Å². The molecule has 0 fully saturated rings. The van der Waals surface area contributed by atoms with Crippen molar-refractivity contribution in [3.8, 4) is 0 Å². The van der Waals surface area contributed by atoms with Gasteiger partial charge in [0.25, 0.3) is 5.56 Å². The molecule has 3 heterocycles. The van der Waals surface area contributed by atoms with Crippen LogP contribution in [0.4, 0.5) is 13.2 Å². The maximum atomic E-state index is 13.0. The third-order valence-corrected chi connectivity index (χ3v) is 4.29. The van der Waals surface area contributed by atoms with E-state index in [9.17, 15) is 18.0 Å². The van der Waals surface area contributed by atoms with E-state index < -0.39 is 11.9 Å². The minimum atomic E-state index is -4.53. The predicted molar refractivity (Wildman–Crippen MR) is 72.8 cm³/mol. The number of nitrogens with zero attached hydrogens (tertiary/aromatic N) is 3. The number of thiazole rings is 1. The summed E-state index contributed by atoms with van der Waals surface area (Å²) < 4.78 is 45.3. The van der Waals surface area contributed by atoms with Gasteiger partial charge in [0.1, 0.15) is 0 Å². The Kier molecular flexibility index (Phi) is 3.77. The van der Waals surface area contributed by atoms with E-state index in [0.717, 1.165) is 11.3 Å². The largest absolute Gasteiger partial charge is 0.434 e. The van der Waals surface area contributed by atoms with Crippen molar-refractivity contribution in [2.24, 2.45) is 0 Å². The van der Waals surface area contributed by atoms with Crippen molar-refractivity contribution >= 4 is 11.3 Å². The lowest BCUT2D eigenvalue weighted by atomic mass is 10.1. The molecule has 0 radical (unpaired) electrons.